The minimum atomic E-state index is -1.10. The topological polar surface area (TPSA) is 75.0 Å². The molecule has 0 radical (unpaired) electrons. The number of hydrogen-bond donors (Lipinski definition) is 1. The summed E-state index contributed by atoms with van der Waals surface area (Å²) in [7, 11) is 0. The molecule has 2 aromatic carbocycles. The third-order valence-corrected chi connectivity index (χ3v) is 6.01. The number of ether oxygens (including phenoxy) is 1. The Kier molecular flexibility index (Phi) is 8.50. The minimum Gasteiger partial charge on any atom is -0.464 e. The zero-order chi connectivity index (χ0) is 26.4. The van der Waals surface area contributed by atoms with Crippen molar-refractivity contribution in [3.8, 4) is 0 Å². The van der Waals surface area contributed by atoms with Crippen molar-refractivity contribution in [2.75, 3.05) is 25.0 Å². The number of furan rings is 1. The average Bonchev–Trinajstić information content (AvgIpc) is 3.53. The summed E-state index contributed by atoms with van der Waals surface area (Å²) in [4.78, 5) is 29.4. The number of carbonyl (C=O) groups is 2. The van der Waals surface area contributed by atoms with Crippen LogP contribution in [0.3, 0.4) is 0 Å². The van der Waals surface area contributed by atoms with Crippen LogP contribution in [0.2, 0.25) is 0 Å². The van der Waals surface area contributed by atoms with E-state index < -0.39 is 17.7 Å². The highest BCUT2D eigenvalue weighted by molar-refractivity contribution is 5.92. The number of nitrogens with zero attached hydrogens (tertiary/aromatic N) is 2. The van der Waals surface area contributed by atoms with Gasteiger partial charge in [-0.25, -0.2) is 18.0 Å². The summed E-state index contributed by atoms with van der Waals surface area (Å²) < 4.78 is 51.7. The van der Waals surface area contributed by atoms with Crippen LogP contribution in [0, 0.1) is 24.4 Å². The van der Waals surface area contributed by atoms with Crippen molar-refractivity contribution in [1.82, 2.24) is 9.80 Å². The number of anilines is 1. The number of benzene rings is 2. The Balaban J connectivity index is 1.52. The maximum absolute atomic E-state index is 13.7. The lowest BCUT2D eigenvalue weighted by Crippen LogP contribution is -2.46. The molecule has 1 N–H and O–H groups in total. The molecule has 10 heteroatoms. The normalized spacial score (nSPS) is 15.0. The Morgan fingerprint density at radius 3 is 2.41 bits per heavy atom. The van der Waals surface area contributed by atoms with Crippen LogP contribution in [0.25, 0.3) is 0 Å². The van der Waals surface area contributed by atoms with Gasteiger partial charge in [0, 0.05) is 31.5 Å². The summed E-state index contributed by atoms with van der Waals surface area (Å²) in [6.07, 6.45) is 1.32. The second kappa shape index (κ2) is 12.0. The molecule has 0 bridgehead atoms. The Hall–Kier alpha value is -3.79. The van der Waals surface area contributed by atoms with Crippen molar-refractivity contribution in [1.29, 1.82) is 0 Å². The van der Waals surface area contributed by atoms with E-state index in [9.17, 15) is 22.8 Å². The summed E-state index contributed by atoms with van der Waals surface area (Å²) >= 11 is 0. The predicted octanol–water partition coefficient (Wildman–Crippen LogP) is 5.25. The quantitative estimate of drug-likeness (QED) is 0.423. The molecule has 0 spiro atoms. The van der Waals surface area contributed by atoms with Gasteiger partial charge in [0.1, 0.15) is 23.9 Å². The number of nitrogens with one attached hydrogen (secondary N) is 1. The Morgan fingerprint density at radius 1 is 0.973 bits per heavy atom. The van der Waals surface area contributed by atoms with E-state index in [0.717, 1.165) is 25.0 Å². The van der Waals surface area contributed by atoms with Crippen molar-refractivity contribution in [3.63, 3.8) is 0 Å². The number of urea groups is 1. The highest BCUT2D eigenvalue weighted by atomic mass is 19.2. The molecule has 1 aromatic heterocycles. The van der Waals surface area contributed by atoms with Crippen molar-refractivity contribution in [3.05, 3.63) is 89.1 Å². The predicted molar refractivity (Wildman–Crippen MR) is 130 cm³/mol. The molecule has 0 aliphatic carbocycles. The molecular weight excluding hydrogens is 487 g/mol. The Morgan fingerprint density at radius 2 is 1.76 bits per heavy atom. The fourth-order valence-electron chi connectivity index (χ4n) is 4.09. The van der Waals surface area contributed by atoms with Gasteiger partial charge in [-0.3, -0.25) is 4.79 Å². The molecule has 7 nitrogen and oxygen atoms in total. The first-order valence-electron chi connectivity index (χ1n) is 12.0. The lowest BCUT2D eigenvalue weighted by atomic mass is 10.2. The van der Waals surface area contributed by atoms with Crippen LogP contribution in [0.5, 0.6) is 0 Å². The monoisotopic (exact) mass is 515 g/mol. The summed E-state index contributed by atoms with van der Waals surface area (Å²) in [5.74, 6) is -1.65. The van der Waals surface area contributed by atoms with Gasteiger partial charge < -0.3 is 24.3 Å². The molecule has 1 unspecified atom stereocenters. The molecule has 37 heavy (non-hydrogen) atoms. The SMILES string of the molecule is Cc1ccc(CN(Cc2ccc(F)cc2)C(=O)CN(CC2CCCO2)C(=O)Nc2ccc(F)c(F)c2)o1. The standard InChI is InChI=1S/C27H28F3N3O4/c1-18-4-10-23(37-18)16-32(14-19-5-7-20(28)8-6-19)26(34)17-33(15-22-3-2-12-36-22)27(35)31-21-9-11-24(29)25(30)13-21/h4-11,13,22H,2-3,12,14-17H2,1H3,(H,31,35). The Bertz CT molecular complexity index is 1230. The van der Waals surface area contributed by atoms with Crippen LogP contribution in [0.4, 0.5) is 23.7 Å². The third kappa shape index (κ3) is 7.36. The third-order valence-electron chi connectivity index (χ3n) is 6.01. The van der Waals surface area contributed by atoms with Crippen molar-refractivity contribution in [2.45, 2.75) is 39.0 Å². The van der Waals surface area contributed by atoms with Gasteiger partial charge in [-0.05, 0) is 61.7 Å². The molecule has 1 saturated heterocycles. The van der Waals surface area contributed by atoms with Crippen LogP contribution < -0.4 is 5.32 Å². The first-order chi connectivity index (χ1) is 17.8. The minimum absolute atomic E-state index is 0.0583. The molecule has 1 aliphatic rings. The number of hydrogen-bond acceptors (Lipinski definition) is 4. The Labute approximate surface area is 212 Å². The van der Waals surface area contributed by atoms with E-state index in [0.29, 0.717) is 23.7 Å². The van der Waals surface area contributed by atoms with Gasteiger partial charge in [-0.2, -0.15) is 0 Å². The lowest BCUT2D eigenvalue weighted by Gasteiger charge is -2.29. The number of amides is 3. The van der Waals surface area contributed by atoms with Crippen molar-refractivity contribution in [2.24, 2.45) is 0 Å². The van der Waals surface area contributed by atoms with E-state index in [4.69, 9.17) is 9.15 Å². The molecule has 4 rings (SSSR count). The smallest absolute Gasteiger partial charge is 0.322 e. The van der Waals surface area contributed by atoms with E-state index in [-0.39, 0.29) is 49.7 Å². The molecule has 1 fully saturated rings. The van der Waals surface area contributed by atoms with Crippen LogP contribution in [-0.4, -0.2) is 47.5 Å². The highest BCUT2D eigenvalue weighted by Crippen LogP contribution is 2.18. The van der Waals surface area contributed by atoms with Gasteiger partial charge in [0.25, 0.3) is 0 Å². The highest BCUT2D eigenvalue weighted by Gasteiger charge is 2.27. The number of aryl methyl sites for hydroxylation is 1. The van der Waals surface area contributed by atoms with Crippen LogP contribution in [0.1, 0.15) is 29.9 Å². The first-order valence-corrected chi connectivity index (χ1v) is 12.0. The zero-order valence-electron chi connectivity index (χ0n) is 20.4. The second-order valence-electron chi connectivity index (χ2n) is 8.96. The summed E-state index contributed by atoms with van der Waals surface area (Å²) in [5, 5.41) is 2.53. The summed E-state index contributed by atoms with van der Waals surface area (Å²) in [6, 6.07) is 11.7. The van der Waals surface area contributed by atoms with Gasteiger partial charge in [0.05, 0.1) is 12.6 Å². The fraction of sp³-hybridized carbons (Fsp3) is 0.333. The maximum Gasteiger partial charge on any atom is 0.322 e. The number of carbonyl (C=O) groups excluding carboxylic acids is 2. The van der Waals surface area contributed by atoms with E-state index >= 15 is 0 Å². The van der Waals surface area contributed by atoms with E-state index in [2.05, 4.69) is 5.32 Å². The number of halogens is 3. The summed E-state index contributed by atoms with van der Waals surface area (Å²) in [6.45, 7) is 2.51. The molecule has 2 heterocycles. The first kappa shape index (κ1) is 26.3. The van der Waals surface area contributed by atoms with E-state index in [1.54, 1.807) is 31.2 Å². The van der Waals surface area contributed by atoms with E-state index in [1.807, 2.05) is 0 Å². The molecule has 0 saturated carbocycles. The fourth-order valence-corrected chi connectivity index (χ4v) is 4.09. The van der Waals surface area contributed by atoms with E-state index in [1.165, 1.54) is 28.0 Å². The van der Waals surface area contributed by atoms with Gasteiger partial charge in [-0.15, -0.1) is 0 Å². The van der Waals surface area contributed by atoms with Gasteiger partial charge in [0.15, 0.2) is 11.6 Å². The maximum atomic E-state index is 13.7. The molecule has 196 valence electrons. The molecule has 3 aromatic rings. The van der Waals surface area contributed by atoms with Crippen LogP contribution >= 0.6 is 0 Å². The van der Waals surface area contributed by atoms with Crippen molar-refractivity contribution >= 4 is 17.6 Å². The van der Waals surface area contributed by atoms with Crippen LogP contribution in [0.15, 0.2) is 59.0 Å². The van der Waals surface area contributed by atoms with Gasteiger partial charge in [-0.1, -0.05) is 12.1 Å². The zero-order valence-corrected chi connectivity index (χ0v) is 20.4. The van der Waals surface area contributed by atoms with Crippen LogP contribution in [-0.2, 0) is 22.6 Å². The largest absolute Gasteiger partial charge is 0.464 e. The number of rotatable bonds is 9. The average molecular weight is 516 g/mol. The van der Waals surface area contributed by atoms with Gasteiger partial charge in [0.2, 0.25) is 5.91 Å². The molecular formula is C27H28F3N3O4. The van der Waals surface area contributed by atoms with Gasteiger partial charge >= 0.3 is 6.03 Å². The lowest BCUT2D eigenvalue weighted by molar-refractivity contribution is -0.133. The molecule has 3 amide bonds. The molecule has 1 atom stereocenters. The second-order valence-corrected chi connectivity index (χ2v) is 8.96. The van der Waals surface area contributed by atoms with Crippen molar-refractivity contribution < 1.29 is 31.9 Å². The molecule has 1 aliphatic heterocycles. The summed E-state index contributed by atoms with van der Waals surface area (Å²) in [5.41, 5.74) is 0.762.